The van der Waals surface area contributed by atoms with E-state index in [9.17, 15) is 18.0 Å². The highest BCUT2D eigenvalue weighted by Gasteiger charge is 2.32. The van der Waals surface area contributed by atoms with E-state index >= 15 is 0 Å². The van der Waals surface area contributed by atoms with Gasteiger partial charge in [-0.15, -0.1) is 0 Å². The van der Waals surface area contributed by atoms with Crippen molar-refractivity contribution in [3.8, 4) is 11.5 Å². The Morgan fingerprint density at radius 3 is 2.26 bits per heavy atom. The van der Waals surface area contributed by atoms with Crippen LogP contribution in [0.3, 0.4) is 0 Å². The van der Waals surface area contributed by atoms with Crippen molar-refractivity contribution < 1.29 is 27.5 Å². The summed E-state index contributed by atoms with van der Waals surface area (Å²) in [5, 5.41) is 3.20. The molecule has 2 rings (SSSR count). The highest BCUT2D eigenvalue weighted by molar-refractivity contribution is 7.92. The van der Waals surface area contributed by atoms with E-state index in [0.29, 0.717) is 27.8 Å². The van der Waals surface area contributed by atoms with Crippen molar-refractivity contribution in [1.82, 2.24) is 10.2 Å². The predicted molar refractivity (Wildman–Crippen MR) is 137 cm³/mol. The number of amides is 2. The Hall–Kier alpha value is -2.69. The van der Waals surface area contributed by atoms with Gasteiger partial charge in [-0.3, -0.25) is 13.9 Å². The number of benzene rings is 2. The Kier molecular flexibility index (Phi) is 10.1. The second-order valence-electron chi connectivity index (χ2n) is 7.62. The topological polar surface area (TPSA) is 105 Å². The molecule has 0 saturated heterocycles. The molecule has 0 aliphatic rings. The number of nitrogens with one attached hydrogen (secondary N) is 1. The summed E-state index contributed by atoms with van der Waals surface area (Å²) in [5.74, 6) is -0.364. The maximum atomic E-state index is 13.6. The zero-order chi connectivity index (χ0) is 26.3. The number of carbonyl (C=O) groups excluding carboxylic acids is 2. The molecule has 9 nitrogen and oxygen atoms in total. The van der Waals surface area contributed by atoms with Gasteiger partial charge in [0.05, 0.1) is 36.2 Å². The van der Waals surface area contributed by atoms with Crippen LogP contribution in [0, 0.1) is 0 Å². The minimum Gasteiger partial charge on any atom is -0.497 e. The number of methoxy groups -OCH3 is 2. The van der Waals surface area contributed by atoms with E-state index in [2.05, 4.69) is 5.32 Å². The van der Waals surface area contributed by atoms with E-state index in [4.69, 9.17) is 32.7 Å². The summed E-state index contributed by atoms with van der Waals surface area (Å²) < 4.78 is 37.0. The van der Waals surface area contributed by atoms with Crippen molar-refractivity contribution in [2.24, 2.45) is 0 Å². The van der Waals surface area contributed by atoms with Gasteiger partial charge in [0.15, 0.2) is 0 Å². The lowest BCUT2D eigenvalue weighted by atomic mass is 10.1. The van der Waals surface area contributed by atoms with Crippen molar-refractivity contribution >= 4 is 50.7 Å². The number of nitrogens with zero attached hydrogens (tertiary/aromatic N) is 2. The van der Waals surface area contributed by atoms with Crippen LogP contribution in [0.1, 0.15) is 18.9 Å². The van der Waals surface area contributed by atoms with E-state index in [1.807, 2.05) is 0 Å². The van der Waals surface area contributed by atoms with Gasteiger partial charge in [-0.1, -0.05) is 36.2 Å². The Morgan fingerprint density at radius 1 is 1.06 bits per heavy atom. The molecule has 0 unspecified atom stereocenters. The minimum atomic E-state index is -3.94. The number of halogens is 2. The van der Waals surface area contributed by atoms with E-state index in [-0.39, 0.29) is 23.9 Å². The summed E-state index contributed by atoms with van der Waals surface area (Å²) in [6.45, 7) is 1.19. The molecule has 2 aromatic carbocycles. The van der Waals surface area contributed by atoms with Crippen LogP contribution in [0.4, 0.5) is 5.69 Å². The molecule has 0 spiro atoms. The molecule has 192 valence electrons. The van der Waals surface area contributed by atoms with Crippen LogP contribution in [-0.4, -0.2) is 65.2 Å². The average Bonchev–Trinajstić information content (AvgIpc) is 2.82. The predicted octanol–water partition coefficient (Wildman–Crippen LogP) is 3.33. The number of ether oxygens (including phenoxy) is 2. The molecular formula is C23H29Cl2N3O6S. The van der Waals surface area contributed by atoms with Crippen LogP contribution in [0.15, 0.2) is 36.4 Å². The lowest BCUT2D eigenvalue weighted by Gasteiger charge is -2.33. The fraction of sp³-hybridized carbons (Fsp3) is 0.391. The number of carbonyl (C=O) groups is 2. The monoisotopic (exact) mass is 545 g/mol. The molecule has 0 aliphatic heterocycles. The van der Waals surface area contributed by atoms with Gasteiger partial charge in [-0.2, -0.15) is 0 Å². The summed E-state index contributed by atoms with van der Waals surface area (Å²) in [6.07, 6.45) is 1.28. The largest absolute Gasteiger partial charge is 0.497 e. The Labute approximate surface area is 215 Å². The molecule has 1 N–H and O–H groups in total. The SMILES string of the molecule is CC[C@H](C(=O)NC)N(Cc1ccc(Cl)c(Cl)c1)C(=O)CN(c1cc(OC)ccc1OC)S(C)(=O)=O. The van der Waals surface area contributed by atoms with E-state index in [0.717, 1.165) is 10.6 Å². The molecular weight excluding hydrogens is 517 g/mol. The van der Waals surface area contributed by atoms with Crippen molar-refractivity contribution in [2.75, 3.05) is 38.4 Å². The van der Waals surface area contributed by atoms with Gasteiger partial charge in [-0.05, 0) is 36.2 Å². The number of rotatable bonds is 11. The number of likely N-dealkylation sites (N-methyl/N-ethyl adjacent to an activating group) is 1. The maximum Gasteiger partial charge on any atom is 0.244 e. The first-order chi connectivity index (χ1) is 16.5. The van der Waals surface area contributed by atoms with Gasteiger partial charge in [0, 0.05) is 19.7 Å². The molecule has 2 aromatic rings. The molecule has 0 fully saturated rings. The lowest BCUT2D eigenvalue weighted by molar-refractivity contribution is -0.140. The second-order valence-corrected chi connectivity index (χ2v) is 10.3. The molecule has 2 amide bonds. The Bertz CT molecular complexity index is 1180. The van der Waals surface area contributed by atoms with E-state index in [1.165, 1.54) is 32.2 Å². The van der Waals surface area contributed by atoms with Crippen molar-refractivity contribution in [2.45, 2.75) is 25.9 Å². The van der Waals surface area contributed by atoms with Crippen LogP contribution in [0.5, 0.6) is 11.5 Å². The van der Waals surface area contributed by atoms with Gasteiger partial charge in [0.25, 0.3) is 0 Å². The first-order valence-electron chi connectivity index (χ1n) is 10.6. The Morgan fingerprint density at radius 2 is 1.74 bits per heavy atom. The average molecular weight is 546 g/mol. The van der Waals surface area contributed by atoms with Crippen molar-refractivity contribution in [3.05, 3.63) is 52.0 Å². The summed E-state index contributed by atoms with van der Waals surface area (Å²) in [7, 11) is 0.365. The van der Waals surface area contributed by atoms with Gasteiger partial charge in [0.2, 0.25) is 21.8 Å². The quantitative estimate of drug-likeness (QED) is 0.464. The van der Waals surface area contributed by atoms with Crippen molar-refractivity contribution in [3.63, 3.8) is 0 Å². The number of anilines is 1. The number of hydrogen-bond donors (Lipinski definition) is 1. The van der Waals surface area contributed by atoms with Crippen LogP contribution < -0.4 is 19.1 Å². The molecule has 0 bridgehead atoms. The summed E-state index contributed by atoms with van der Waals surface area (Å²) in [5.41, 5.74) is 0.755. The van der Waals surface area contributed by atoms with Gasteiger partial charge in [0.1, 0.15) is 24.1 Å². The fourth-order valence-corrected chi connectivity index (χ4v) is 4.67. The summed E-state index contributed by atoms with van der Waals surface area (Å²) in [6, 6.07) is 8.64. The summed E-state index contributed by atoms with van der Waals surface area (Å²) >= 11 is 12.1. The van der Waals surface area contributed by atoms with Gasteiger partial charge in [-0.25, -0.2) is 8.42 Å². The third kappa shape index (κ3) is 7.16. The van der Waals surface area contributed by atoms with Crippen LogP contribution in [0.25, 0.3) is 0 Å². The molecule has 0 heterocycles. The normalized spacial score (nSPS) is 12.0. The lowest BCUT2D eigenvalue weighted by Crippen LogP contribution is -2.51. The van der Waals surface area contributed by atoms with Crippen molar-refractivity contribution in [1.29, 1.82) is 0 Å². The highest BCUT2D eigenvalue weighted by Crippen LogP contribution is 2.34. The third-order valence-electron chi connectivity index (χ3n) is 5.30. The summed E-state index contributed by atoms with van der Waals surface area (Å²) in [4.78, 5) is 27.6. The first kappa shape index (κ1) is 28.5. The molecule has 1 atom stereocenters. The zero-order valence-electron chi connectivity index (χ0n) is 20.2. The van der Waals surface area contributed by atoms with Gasteiger partial charge < -0.3 is 19.7 Å². The van der Waals surface area contributed by atoms with Crippen LogP contribution in [-0.2, 0) is 26.2 Å². The fourth-order valence-electron chi connectivity index (χ4n) is 3.51. The molecule has 12 heteroatoms. The standard InChI is InChI=1S/C23H29Cl2N3O6S/c1-6-19(23(30)26-2)27(13-15-7-9-17(24)18(25)11-15)22(29)14-28(35(5,31)32)20-12-16(33-3)8-10-21(20)34-4/h7-12,19H,6,13-14H2,1-5H3,(H,26,30)/t19-/m1/s1. The molecule has 0 aliphatic carbocycles. The molecule has 0 radical (unpaired) electrons. The van der Waals surface area contributed by atoms with Gasteiger partial charge >= 0.3 is 0 Å². The molecule has 0 saturated carbocycles. The smallest absolute Gasteiger partial charge is 0.244 e. The highest BCUT2D eigenvalue weighted by atomic mass is 35.5. The maximum absolute atomic E-state index is 13.6. The van der Waals surface area contributed by atoms with Crippen LogP contribution in [0.2, 0.25) is 10.0 Å². The minimum absolute atomic E-state index is 0.00843. The molecule has 35 heavy (non-hydrogen) atoms. The third-order valence-corrected chi connectivity index (χ3v) is 7.17. The Balaban J connectivity index is 2.53. The van der Waals surface area contributed by atoms with E-state index < -0.39 is 28.5 Å². The number of sulfonamides is 1. The number of hydrogen-bond acceptors (Lipinski definition) is 6. The molecule has 0 aromatic heterocycles. The van der Waals surface area contributed by atoms with E-state index in [1.54, 1.807) is 37.3 Å². The first-order valence-corrected chi connectivity index (χ1v) is 13.2. The zero-order valence-corrected chi connectivity index (χ0v) is 22.5. The van der Waals surface area contributed by atoms with Crippen LogP contribution >= 0.6 is 23.2 Å². The second kappa shape index (κ2) is 12.3.